The Morgan fingerprint density at radius 2 is 1.91 bits per heavy atom. The quantitative estimate of drug-likeness (QED) is 0.854. The van der Waals surface area contributed by atoms with Crippen LogP contribution in [0, 0.1) is 0 Å². The van der Waals surface area contributed by atoms with Gasteiger partial charge in [0.25, 0.3) is 0 Å². The zero-order chi connectivity index (χ0) is 16.2. The number of rotatable bonds is 4. The van der Waals surface area contributed by atoms with Crippen molar-refractivity contribution >= 4 is 12.0 Å². The Morgan fingerprint density at radius 3 is 2.57 bits per heavy atom. The highest BCUT2D eigenvalue weighted by atomic mass is 16.5. The van der Waals surface area contributed by atoms with Crippen molar-refractivity contribution in [2.24, 2.45) is 0 Å². The van der Waals surface area contributed by atoms with E-state index in [-0.39, 0.29) is 12.0 Å². The minimum atomic E-state index is -0.342. The molecule has 0 spiro atoms. The van der Waals surface area contributed by atoms with Crippen LogP contribution in [0.15, 0.2) is 24.3 Å². The summed E-state index contributed by atoms with van der Waals surface area (Å²) < 4.78 is 4.69. The first-order valence-electron chi connectivity index (χ1n) is 8.12. The standard InChI is InChI=1S/C17H23N3O3/c1-23-16(21)14-4-2-13(3-5-14)12-19-10-11-20(17(19)22)15-6-8-18-9-7-15/h2-5,15,18H,6-12H2,1H3. The number of hydrogen-bond acceptors (Lipinski definition) is 4. The molecule has 2 amide bonds. The van der Waals surface area contributed by atoms with Gasteiger partial charge in [0.2, 0.25) is 0 Å². The van der Waals surface area contributed by atoms with Crippen molar-refractivity contribution in [1.29, 1.82) is 0 Å². The number of carbonyl (C=O) groups excluding carboxylic acids is 2. The second kappa shape index (κ2) is 7.00. The first kappa shape index (κ1) is 15.8. The number of nitrogens with zero attached hydrogens (tertiary/aromatic N) is 2. The number of ether oxygens (including phenoxy) is 1. The summed E-state index contributed by atoms with van der Waals surface area (Å²) >= 11 is 0. The number of esters is 1. The number of methoxy groups -OCH3 is 1. The lowest BCUT2D eigenvalue weighted by molar-refractivity contribution is 0.0600. The van der Waals surface area contributed by atoms with Gasteiger partial charge in [0.15, 0.2) is 0 Å². The first-order valence-corrected chi connectivity index (χ1v) is 8.12. The summed E-state index contributed by atoms with van der Waals surface area (Å²) in [6.45, 7) is 4.14. The normalized spacial score (nSPS) is 19.3. The van der Waals surface area contributed by atoms with E-state index in [1.165, 1.54) is 7.11 Å². The van der Waals surface area contributed by atoms with Crippen LogP contribution in [-0.2, 0) is 11.3 Å². The predicted octanol–water partition coefficient (Wildman–Crippen LogP) is 1.46. The molecule has 2 saturated heterocycles. The van der Waals surface area contributed by atoms with Gasteiger partial charge >= 0.3 is 12.0 Å². The van der Waals surface area contributed by atoms with Crippen molar-refractivity contribution < 1.29 is 14.3 Å². The molecule has 2 fully saturated rings. The van der Waals surface area contributed by atoms with E-state index in [4.69, 9.17) is 4.74 Å². The number of benzene rings is 1. The molecule has 1 aromatic carbocycles. The Balaban J connectivity index is 1.60. The highest BCUT2D eigenvalue weighted by Crippen LogP contribution is 2.20. The molecule has 0 saturated carbocycles. The second-order valence-corrected chi connectivity index (χ2v) is 6.07. The molecular weight excluding hydrogens is 294 g/mol. The van der Waals surface area contributed by atoms with Crippen LogP contribution in [0.1, 0.15) is 28.8 Å². The van der Waals surface area contributed by atoms with Crippen molar-refractivity contribution in [3.63, 3.8) is 0 Å². The number of nitrogens with one attached hydrogen (secondary N) is 1. The third kappa shape index (κ3) is 3.47. The van der Waals surface area contributed by atoms with E-state index in [1.54, 1.807) is 12.1 Å². The molecule has 0 aromatic heterocycles. The lowest BCUT2D eigenvalue weighted by Gasteiger charge is -2.31. The Bertz CT molecular complexity index is 567. The molecule has 0 unspecified atom stereocenters. The molecule has 0 aliphatic carbocycles. The highest BCUT2D eigenvalue weighted by Gasteiger charge is 2.33. The SMILES string of the molecule is COC(=O)c1ccc(CN2CCN(C3CCNCC3)C2=O)cc1. The number of piperidine rings is 1. The van der Waals surface area contributed by atoms with E-state index >= 15 is 0 Å². The minimum Gasteiger partial charge on any atom is -0.465 e. The Morgan fingerprint density at radius 1 is 1.22 bits per heavy atom. The van der Waals surface area contributed by atoms with Crippen molar-refractivity contribution in [2.75, 3.05) is 33.3 Å². The maximum Gasteiger partial charge on any atom is 0.337 e. The van der Waals surface area contributed by atoms with Gasteiger partial charge < -0.3 is 19.9 Å². The fraction of sp³-hybridized carbons (Fsp3) is 0.529. The number of urea groups is 1. The molecule has 6 nitrogen and oxygen atoms in total. The minimum absolute atomic E-state index is 0.133. The van der Waals surface area contributed by atoms with Gasteiger partial charge in [0, 0.05) is 25.7 Å². The van der Waals surface area contributed by atoms with Gasteiger partial charge in [-0.25, -0.2) is 9.59 Å². The molecular formula is C17H23N3O3. The van der Waals surface area contributed by atoms with E-state index in [2.05, 4.69) is 5.32 Å². The highest BCUT2D eigenvalue weighted by molar-refractivity contribution is 5.89. The Labute approximate surface area is 136 Å². The van der Waals surface area contributed by atoms with E-state index in [0.717, 1.165) is 44.6 Å². The zero-order valence-corrected chi connectivity index (χ0v) is 13.5. The fourth-order valence-corrected chi connectivity index (χ4v) is 3.29. The molecule has 0 bridgehead atoms. The molecule has 0 radical (unpaired) electrons. The molecule has 1 aromatic rings. The zero-order valence-electron chi connectivity index (χ0n) is 13.5. The number of hydrogen-bond donors (Lipinski definition) is 1. The van der Waals surface area contributed by atoms with Crippen molar-refractivity contribution in [1.82, 2.24) is 15.1 Å². The summed E-state index contributed by atoms with van der Waals surface area (Å²) in [4.78, 5) is 27.9. The molecule has 1 N–H and O–H groups in total. The summed E-state index contributed by atoms with van der Waals surface area (Å²) in [5.41, 5.74) is 1.55. The third-order valence-corrected chi connectivity index (χ3v) is 4.62. The molecule has 0 atom stereocenters. The second-order valence-electron chi connectivity index (χ2n) is 6.07. The monoisotopic (exact) mass is 317 g/mol. The largest absolute Gasteiger partial charge is 0.465 e. The van der Waals surface area contributed by atoms with Crippen molar-refractivity contribution in [3.8, 4) is 0 Å². The smallest absolute Gasteiger partial charge is 0.337 e. The maximum absolute atomic E-state index is 12.6. The van der Waals surface area contributed by atoms with Crippen LogP contribution in [0.25, 0.3) is 0 Å². The Kier molecular flexibility index (Phi) is 4.81. The molecule has 23 heavy (non-hydrogen) atoms. The van der Waals surface area contributed by atoms with Crippen LogP contribution in [-0.4, -0.2) is 61.1 Å². The van der Waals surface area contributed by atoms with Crippen LogP contribution in [0.5, 0.6) is 0 Å². The van der Waals surface area contributed by atoms with E-state index in [9.17, 15) is 9.59 Å². The maximum atomic E-state index is 12.6. The van der Waals surface area contributed by atoms with E-state index in [1.807, 2.05) is 21.9 Å². The molecule has 2 aliphatic heterocycles. The third-order valence-electron chi connectivity index (χ3n) is 4.62. The summed E-state index contributed by atoms with van der Waals surface area (Å²) in [7, 11) is 1.37. The van der Waals surface area contributed by atoms with Gasteiger partial charge in [-0.15, -0.1) is 0 Å². The van der Waals surface area contributed by atoms with Crippen LogP contribution in [0.4, 0.5) is 4.79 Å². The van der Waals surface area contributed by atoms with Gasteiger partial charge in [0.05, 0.1) is 12.7 Å². The van der Waals surface area contributed by atoms with Crippen LogP contribution < -0.4 is 5.32 Å². The van der Waals surface area contributed by atoms with E-state index < -0.39 is 0 Å². The average molecular weight is 317 g/mol. The Hall–Kier alpha value is -2.08. The lowest BCUT2D eigenvalue weighted by atomic mass is 10.1. The first-order chi connectivity index (χ1) is 11.2. The molecule has 2 heterocycles. The molecule has 3 rings (SSSR count). The summed E-state index contributed by atoms with van der Waals surface area (Å²) in [6, 6.07) is 7.75. The summed E-state index contributed by atoms with van der Waals surface area (Å²) in [6.07, 6.45) is 2.07. The van der Waals surface area contributed by atoms with Crippen LogP contribution >= 0.6 is 0 Å². The number of carbonyl (C=O) groups is 2. The summed E-state index contributed by atoms with van der Waals surface area (Å²) in [5, 5.41) is 3.33. The summed E-state index contributed by atoms with van der Waals surface area (Å²) in [5.74, 6) is -0.342. The topological polar surface area (TPSA) is 61.9 Å². The van der Waals surface area contributed by atoms with Gasteiger partial charge in [-0.3, -0.25) is 0 Å². The lowest BCUT2D eigenvalue weighted by Crippen LogP contribution is -2.45. The number of amides is 2. The fourth-order valence-electron chi connectivity index (χ4n) is 3.29. The van der Waals surface area contributed by atoms with Gasteiger partial charge in [-0.1, -0.05) is 12.1 Å². The van der Waals surface area contributed by atoms with Gasteiger partial charge in [0.1, 0.15) is 0 Å². The molecule has 6 heteroatoms. The van der Waals surface area contributed by atoms with E-state index in [0.29, 0.717) is 18.2 Å². The van der Waals surface area contributed by atoms with Crippen molar-refractivity contribution in [3.05, 3.63) is 35.4 Å². The molecule has 2 aliphatic rings. The average Bonchev–Trinajstić information content (AvgIpc) is 2.96. The van der Waals surface area contributed by atoms with Crippen molar-refractivity contribution in [2.45, 2.75) is 25.4 Å². The van der Waals surface area contributed by atoms with Crippen LogP contribution in [0.2, 0.25) is 0 Å². The van der Waals surface area contributed by atoms with Gasteiger partial charge in [-0.05, 0) is 43.6 Å². The molecule has 124 valence electrons. The van der Waals surface area contributed by atoms with Crippen LogP contribution in [0.3, 0.4) is 0 Å². The predicted molar refractivity (Wildman–Crippen MR) is 86.2 cm³/mol. The van der Waals surface area contributed by atoms with Gasteiger partial charge in [-0.2, -0.15) is 0 Å².